The van der Waals surface area contributed by atoms with Crippen LogP contribution in [0.3, 0.4) is 0 Å². The number of aryl methyl sites for hydroxylation is 1. The molecule has 0 bridgehead atoms. The normalized spacial score (nSPS) is 13.7. The van der Waals surface area contributed by atoms with E-state index in [0.29, 0.717) is 5.88 Å². The molecular weight excluding hydrogens is 274 g/mol. The summed E-state index contributed by atoms with van der Waals surface area (Å²) in [5.41, 5.74) is 2.44. The molecule has 2 heterocycles. The lowest BCUT2D eigenvalue weighted by Crippen LogP contribution is -2.32. The Morgan fingerprint density at radius 2 is 2.15 bits per heavy atom. The van der Waals surface area contributed by atoms with Crippen molar-refractivity contribution in [2.45, 2.75) is 11.8 Å². The molecule has 0 aliphatic carbocycles. The smallest absolute Gasteiger partial charge is 0.336 e. The number of fused-ring (bicyclic) bond motifs is 1. The van der Waals surface area contributed by atoms with Crippen LogP contribution in [0.15, 0.2) is 41.4 Å². The maximum absolute atomic E-state index is 12.2. The summed E-state index contributed by atoms with van der Waals surface area (Å²) in [6.45, 7) is 1.90. The third-order valence-electron chi connectivity index (χ3n) is 2.95. The first-order chi connectivity index (χ1) is 9.69. The summed E-state index contributed by atoms with van der Waals surface area (Å²) in [7, 11) is 1.58. The molecule has 0 radical (unpaired) electrons. The lowest BCUT2D eigenvalue weighted by atomic mass is 10.3. The van der Waals surface area contributed by atoms with Gasteiger partial charge >= 0.3 is 6.03 Å². The van der Waals surface area contributed by atoms with Gasteiger partial charge in [-0.1, -0.05) is 12.1 Å². The molecule has 20 heavy (non-hydrogen) atoms. The van der Waals surface area contributed by atoms with E-state index in [-0.39, 0.29) is 6.03 Å². The number of nitrogens with zero attached hydrogens (tertiary/aromatic N) is 2. The van der Waals surface area contributed by atoms with Gasteiger partial charge in [0.2, 0.25) is 5.88 Å². The van der Waals surface area contributed by atoms with E-state index in [2.05, 4.69) is 10.3 Å². The first kappa shape index (κ1) is 12.8. The number of pyridine rings is 1. The lowest BCUT2D eigenvalue weighted by Gasteiger charge is -2.27. The van der Waals surface area contributed by atoms with E-state index in [0.717, 1.165) is 21.8 Å². The van der Waals surface area contributed by atoms with Crippen LogP contribution in [0, 0.1) is 6.92 Å². The number of carbonyl (C=O) groups is 1. The van der Waals surface area contributed by atoms with Crippen molar-refractivity contribution in [3.63, 3.8) is 0 Å². The van der Waals surface area contributed by atoms with Gasteiger partial charge in [0.25, 0.3) is 0 Å². The highest BCUT2D eigenvalue weighted by molar-refractivity contribution is 8.01. The van der Waals surface area contributed by atoms with Crippen LogP contribution in [0.25, 0.3) is 0 Å². The predicted molar refractivity (Wildman–Crippen MR) is 79.3 cm³/mol. The summed E-state index contributed by atoms with van der Waals surface area (Å²) in [6.07, 6.45) is 1.63. The molecule has 102 valence electrons. The Balaban J connectivity index is 1.95. The largest absolute Gasteiger partial charge is 0.481 e. The van der Waals surface area contributed by atoms with Gasteiger partial charge in [-0.2, -0.15) is 0 Å². The Morgan fingerprint density at radius 1 is 1.35 bits per heavy atom. The second kappa shape index (κ2) is 5.05. The number of amides is 2. The second-order valence-corrected chi connectivity index (χ2v) is 5.32. The number of anilines is 2. The van der Waals surface area contributed by atoms with Crippen molar-refractivity contribution in [1.29, 1.82) is 0 Å². The van der Waals surface area contributed by atoms with E-state index in [1.165, 1.54) is 11.9 Å². The van der Waals surface area contributed by atoms with Crippen LogP contribution >= 0.6 is 11.9 Å². The number of rotatable bonds is 2. The molecule has 0 atom stereocenters. The van der Waals surface area contributed by atoms with Crippen LogP contribution < -0.4 is 14.4 Å². The zero-order valence-corrected chi connectivity index (χ0v) is 11.9. The van der Waals surface area contributed by atoms with Gasteiger partial charge in [0, 0.05) is 5.56 Å². The molecule has 2 amide bonds. The number of methoxy groups -OCH3 is 1. The average Bonchev–Trinajstić information content (AvgIpc) is 2.46. The Bertz CT molecular complexity index is 675. The average molecular weight is 287 g/mol. The SMILES string of the molecule is COc1ncc(N2Sc3ccccc3NC2=O)cc1C. The standard InChI is InChI=1S/C14H13N3O2S/c1-9-7-10(8-15-13(9)19-2)17-14(18)16-11-5-3-4-6-12(11)20-17/h3-8H,1-2H3,(H,16,18). The van der Waals surface area contributed by atoms with E-state index < -0.39 is 0 Å². The fraction of sp³-hybridized carbons (Fsp3) is 0.143. The van der Waals surface area contributed by atoms with E-state index in [1.807, 2.05) is 37.3 Å². The highest BCUT2D eigenvalue weighted by atomic mass is 32.2. The summed E-state index contributed by atoms with van der Waals surface area (Å²) in [6, 6.07) is 9.39. The zero-order valence-electron chi connectivity index (χ0n) is 11.1. The molecule has 6 heteroatoms. The van der Waals surface area contributed by atoms with Crippen molar-refractivity contribution < 1.29 is 9.53 Å². The molecule has 1 aliphatic heterocycles. The molecule has 0 saturated heterocycles. The van der Waals surface area contributed by atoms with Crippen LogP contribution in [-0.2, 0) is 0 Å². The molecule has 0 unspecified atom stereocenters. The van der Waals surface area contributed by atoms with E-state index in [1.54, 1.807) is 17.6 Å². The fourth-order valence-corrected chi connectivity index (χ4v) is 2.88. The fourth-order valence-electron chi connectivity index (χ4n) is 2.00. The molecule has 1 aromatic carbocycles. The van der Waals surface area contributed by atoms with Crippen molar-refractivity contribution in [2.75, 3.05) is 16.7 Å². The minimum atomic E-state index is -0.180. The molecule has 0 spiro atoms. The zero-order chi connectivity index (χ0) is 14.1. The monoisotopic (exact) mass is 287 g/mol. The third kappa shape index (κ3) is 2.18. The van der Waals surface area contributed by atoms with Crippen molar-refractivity contribution in [3.8, 4) is 5.88 Å². The van der Waals surface area contributed by atoms with Gasteiger partial charge in [-0.15, -0.1) is 0 Å². The molecule has 1 aliphatic rings. The Morgan fingerprint density at radius 3 is 2.90 bits per heavy atom. The van der Waals surface area contributed by atoms with Gasteiger partial charge in [-0.05, 0) is 37.1 Å². The van der Waals surface area contributed by atoms with Crippen molar-refractivity contribution in [3.05, 3.63) is 42.1 Å². The van der Waals surface area contributed by atoms with Crippen LogP contribution in [0.4, 0.5) is 16.2 Å². The summed E-state index contributed by atoms with van der Waals surface area (Å²) >= 11 is 1.38. The molecule has 0 saturated carbocycles. The molecule has 5 nitrogen and oxygen atoms in total. The van der Waals surface area contributed by atoms with Gasteiger partial charge < -0.3 is 10.1 Å². The number of hydrogen-bond acceptors (Lipinski definition) is 4. The highest BCUT2D eigenvalue weighted by Gasteiger charge is 2.25. The first-order valence-corrected chi connectivity index (χ1v) is 6.85. The Labute approximate surface area is 121 Å². The topological polar surface area (TPSA) is 54.5 Å². The van der Waals surface area contributed by atoms with Gasteiger partial charge in [0.05, 0.1) is 29.6 Å². The lowest BCUT2D eigenvalue weighted by molar-refractivity contribution is 0.260. The number of hydrogen-bond donors (Lipinski definition) is 1. The first-order valence-electron chi connectivity index (χ1n) is 6.08. The van der Waals surface area contributed by atoms with Crippen LogP contribution in [0.1, 0.15) is 5.56 Å². The van der Waals surface area contributed by atoms with Gasteiger partial charge in [-0.25, -0.2) is 14.1 Å². The number of nitrogens with one attached hydrogen (secondary N) is 1. The Hall–Kier alpha value is -2.21. The minimum Gasteiger partial charge on any atom is -0.481 e. The summed E-state index contributed by atoms with van der Waals surface area (Å²) in [5, 5.41) is 2.86. The number of para-hydroxylation sites is 1. The predicted octanol–water partition coefficient (Wildman–Crippen LogP) is 3.46. The maximum atomic E-state index is 12.2. The van der Waals surface area contributed by atoms with Crippen molar-refractivity contribution in [1.82, 2.24) is 4.98 Å². The van der Waals surface area contributed by atoms with E-state index in [9.17, 15) is 4.79 Å². The van der Waals surface area contributed by atoms with Gasteiger partial charge in [0.1, 0.15) is 0 Å². The van der Waals surface area contributed by atoms with E-state index >= 15 is 0 Å². The molecular formula is C14H13N3O2S. The highest BCUT2D eigenvalue weighted by Crippen LogP contribution is 2.38. The van der Waals surface area contributed by atoms with Crippen LogP contribution in [0.5, 0.6) is 5.88 Å². The quantitative estimate of drug-likeness (QED) is 0.859. The van der Waals surface area contributed by atoms with Crippen molar-refractivity contribution >= 4 is 29.4 Å². The number of ether oxygens (including phenoxy) is 1. The van der Waals surface area contributed by atoms with Crippen LogP contribution in [-0.4, -0.2) is 18.1 Å². The second-order valence-electron chi connectivity index (χ2n) is 4.33. The summed E-state index contributed by atoms with van der Waals surface area (Å²) in [4.78, 5) is 17.4. The minimum absolute atomic E-state index is 0.180. The molecule has 3 rings (SSSR count). The van der Waals surface area contributed by atoms with Gasteiger partial charge in [-0.3, -0.25) is 0 Å². The number of urea groups is 1. The number of aromatic nitrogens is 1. The molecule has 1 N–H and O–H groups in total. The molecule has 1 aromatic heterocycles. The molecule has 2 aromatic rings. The third-order valence-corrected chi connectivity index (χ3v) is 4.06. The summed E-state index contributed by atoms with van der Waals surface area (Å²) < 4.78 is 6.72. The van der Waals surface area contributed by atoms with Crippen LogP contribution in [0.2, 0.25) is 0 Å². The molecule has 0 fully saturated rings. The Kier molecular flexibility index (Phi) is 3.23. The number of carbonyl (C=O) groups excluding carboxylic acids is 1. The summed E-state index contributed by atoms with van der Waals surface area (Å²) in [5.74, 6) is 0.566. The maximum Gasteiger partial charge on any atom is 0.336 e. The van der Waals surface area contributed by atoms with Gasteiger partial charge in [0.15, 0.2) is 0 Å². The number of benzene rings is 1. The van der Waals surface area contributed by atoms with E-state index in [4.69, 9.17) is 4.74 Å². The van der Waals surface area contributed by atoms with Crippen molar-refractivity contribution in [2.24, 2.45) is 0 Å².